The van der Waals surface area contributed by atoms with Crippen molar-refractivity contribution in [3.8, 4) is 11.1 Å². The lowest BCUT2D eigenvalue weighted by molar-refractivity contribution is 0.226. The number of hydrogen-bond acceptors (Lipinski definition) is 4. The molecule has 0 saturated heterocycles. The average molecular weight is 333 g/mol. The number of aromatic amines is 1. The zero-order valence-corrected chi connectivity index (χ0v) is 13.8. The molecule has 5 heteroatoms. The molecule has 2 aromatic carbocycles. The van der Waals surface area contributed by atoms with Crippen LogP contribution in [-0.4, -0.2) is 33.1 Å². The Morgan fingerprint density at radius 3 is 2.84 bits per heavy atom. The van der Waals surface area contributed by atoms with Crippen LogP contribution in [0.25, 0.3) is 22.0 Å². The molecule has 0 spiro atoms. The molecule has 3 aromatic rings. The van der Waals surface area contributed by atoms with Crippen molar-refractivity contribution >= 4 is 16.6 Å². The first-order valence-electron chi connectivity index (χ1n) is 8.21. The maximum Gasteiger partial charge on any atom is 0.112 e. The van der Waals surface area contributed by atoms with Crippen LogP contribution in [0.3, 0.4) is 0 Å². The van der Waals surface area contributed by atoms with Gasteiger partial charge in [0.25, 0.3) is 0 Å². The minimum atomic E-state index is -0.620. The van der Waals surface area contributed by atoms with Crippen LogP contribution in [0.5, 0.6) is 0 Å². The lowest BCUT2D eigenvalue weighted by atomic mass is 10.0. The summed E-state index contributed by atoms with van der Waals surface area (Å²) in [6.45, 7) is 2.07. The lowest BCUT2D eigenvalue weighted by Crippen LogP contribution is -2.32. The molecule has 0 radical (unpaired) electrons. The SMILES string of the molecule is CC(O)C1=CC=C(O)CN1c1cccc(-c2cccc3[nH]ncc23)c1. The van der Waals surface area contributed by atoms with Gasteiger partial charge < -0.3 is 15.1 Å². The first-order valence-corrected chi connectivity index (χ1v) is 8.21. The van der Waals surface area contributed by atoms with E-state index in [0.717, 1.165) is 33.4 Å². The molecule has 3 N–H and O–H groups in total. The molecule has 4 rings (SSSR count). The number of benzene rings is 2. The van der Waals surface area contributed by atoms with Crippen LogP contribution in [0.2, 0.25) is 0 Å². The van der Waals surface area contributed by atoms with Gasteiger partial charge in [-0.05, 0) is 48.4 Å². The van der Waals surface area contributed by atoms with Crippen molar-refractivity contribution in [1.82, 2.24) is 10.2 Å². The average Bonchev–Trinajstić information content (AvgIpc) is 3.10. The highest BCUT2D eigenvalue weighted by Crippen LogP contribution is 2.32. The quantitative estimate of drug-likeness (QED) is 0.682. The fourth-order valence-corrected chi connectivity index (χ4v) is 3.24. The van der Waals surface area contributed by atoms with Crippen molar-refractivity contribution in [3.05, 3.63) is 72.3 Å². The van der Waals surface area contributed by atoms with Crippen LogP contribution in [0.1, 0.15) is 6.92 Å². The third-order valence-electron chi connectivity index (χ3n) is 4.46. The molecular formula is C20H19N3O2. The topological polar surface area (TPSA) is 72.4 Å². The smallest absolute Gasteiger partial charge is 0.112 e. The van der Waals surface area contributed by atoms with E-state index >= 15 is 0 Å². The standard InChI is InChI=1S/C20H19N3O2/c1-13(24)20-9-8-16(25)12-23(20)15-5-2-4-14(10-15)17-6-3-7-19-18(17)11-21-22-19/h2-11,13,24-25H,12H2,1H3,(H,21,22). The summed E-state index contributed by atoms with van der Waals surface area (Å²) in [6, 6.07) is 14.1. The fraction of sp³-hybridized carbons (Fsp3) is 0.150. The molecule has 1 aliphatic rings. The van der Waals surface area contributed by atoms with Gasteiger partial charge in [-0.1, -0.05) is 24.3 Å². The summed E-state index contributed by atoms with van der Waals surface area (Å²) in [4.78, 5) is 1.93. The van der Waals surface area contributed by atoms with Gasteiger partial charge in [-0.3, -0.25) is 5.10 Å². The molecule has 5 nitrogen and oxygen atoms in total. The Bertz CT molecular complexity index is 985. The number of anilines is 1. The van der Waals surface area contributed by atoms with Gasteiger partial charge in [-0.2, -0.15) is 5.10 Å². The second-order valence-corrected chi connectivity index (χ2v) is 6.20. The van der Waals surface area contributed by atoms with E-state index in [4.69, 9.17) is 0 Å². The van der Waals surface area contributed by atoms with Crippen molar-refractivity contribution in [2.45, 2.75) is 13.0 Å². The minimum absolute atomic E-state index is 0.270. The van der Waals surface area contributed by atoms with E-state index in [1.807, 2.05) is 35.4 Å². The summed E-state index contributed by atoms with van der Waals surface area (Å²) in [5, 5.41) is 28.2. The van der Waals surface area contributed by atoms with Crippen molar-refractivity contribution in [3.63, 3.8) is 0 Å². The van der Waals surface area contributed by atoms with Crippen molar-refractivity contribution in [1.29, 1.82) is 0 Å². The Labute approximate surface area is 145 Å². The first-order chi connectivity index (χ1) is 12.1. The molecular weight excluding hydrogens is 314 g/mol. The van der Waals surface area contributed by atoms with E-state index in [1.165, 1.54) is 0 Å². The second kappa shape index (κ2) is 6.11. The van der Waals surface area contributed by atoms with Crippen LogP contribution in [0.15, 0.2) is 72.3 Å². The number of H-pyrrole nitrogens is 1. The molecule has 0 saturated carbocycles. The number of aliphatic hydroxyl groups is 2. The van der Waals surface area contributed by atoms with Crippen LogP contribution in [0.4, 0.5) is 5.69 Å². The molecule has 0 bridgehead atoms. The predicted octanol–water partition coefficient (Wildman–Crippen LogP) is 3.76. The van der Waals surface area contributed by atoms with Gasteiger partial charge >= 0.3 is 0 Å². The number of aromatic nitrogens is 2. The highest BCUT2D eigenvalue weighted by Gasteiger charge is 2.20. The number of nitrogens with zero attached hydrogens (tertiary/aromatic N) is 2. The van der Waals surface area contributed by atoms with Crippen LogP contribution in [-0.2, 0) is 0 Å². The molecule has 1 unspecified atom stereocenters. The summed E-state index contributed by atoms with van der Waals surface area (Å²) < 4.78 is 0. The van der Waals surface area contributed by atoms with Crippen LogP contribution < -0.4 is 4.90 Å². The predicted molar refractivity (Wildman–Crippen MR) is 99.4 cm³/mol. The summed E-state index contributed by atoms with van der Waals surface area (Å²) in [5.41, 5.74) is 4.82. The van der Waals surface area contributed by atoms with Crippen molar-refractivity contribution in [2.75, 3.05) is 11.4 Å². The molecule has 0 amide bonds. The third kappa shape index (κ3) is 2.79. The maximum absolute atomic E-state index is 10.1. The monoisotopic (exact) mass is 333 g/mol. The number of rotatable bonds is 3. The van der Waals surface area contributed by atoms with E-state index in [-0.39, 0.29) is 5.76 Å². The van der Waals surface area contributed by atoms with E-state index in [9.17, 15) is 10.2 Å². The number of aliphatic hydroxyl groups excluding tert-OH is 2. The molecule has 1 aromatic heterocycles. The van der Waals surface area contributed by atoms with Gasteiger partial charge in [0.2, 0.25) is 0 Å². The Morgan fingerprint density at radius 2 is 2.00 bits per heavy atom. The van der Waals surface area contributed by atoms with Gasteiger partial charge in [0.1, 0.15) is 5.76 Å². The lowest BCUT2D eigenvalue weighted by Gasteiger charge is -2.31. The van der Waals surface area contributed by atoms with Crippen LogP contribution >= 0.6 is 0 Å². The highest BCUT2D eigenvalue weighted by atomic mass is 16.3. The van der Waals surface area contributed by atoms with Gasteiger partial charge in [-0.15, -0.1) is 0 Å². The molecule has 126 valence electrons. The molecule has 1 aliphatic heterocycles. The largest absolute Gasteiger partial charge is 0.510 e. The Balaban J connectivity index is 1.79. The molecule has 2 heterocycles. The number of nitrogens with one attached hydrogen (secondary N) is 1. The Kier molecular flexibility index (Phi) is 3.78. The summed E-state index contributed by atoms with van der Waals surface area (Å²) in [6.07, 6.45) is 4.60. The van der Waals surface area contributed by atoms with Crippen molar-refractivity contribution < 1.29 is 10.2 Å². The number of fused-ring (bicyclic) bond motifs is 1. The van der Waals surface area contributed by atoms with E-state index in [0.29, 0.717) is 6.54 Å². The molecule has 0 fully saturated rings. The fourth-order valence-electron chi connectivity index (χ4n) is 3.24. The van der Waals surface area contributed by atoms with Gasteiger partial charge in [0.05, 0.1) is 24.4 Å². The van der Waals surface area contributed by atoms with Gasteiger partial charge in [0, 0.05) is 16.8 Å². The molecule has 1 atom stereocenters. The second-order valence-electron chi connectivity index (χ2n) is 6.20. The summed E-state index contributed by atoms with van der Waals surface area (Å²) in [7, 11) is 0. The van der Waals surface area contributed by atoms with Crippen LogP contribution in [0, 0.1) is 0 Å². The van der Waals surface area contributed by atoms with E-state index < -0.39 is 6.10 Å². The summed E-state index contributed by atoms with van der Waals surface area (Å²) in [5.74, 6) is 0.270. The minimum Gasteiger partial charge on any atom is -0.510 e. The zero-order valence-electron chi connectivity index (χ0n) is 13.8. The Hall–Kier alpha value is -3.05. The Morgan fingerprint density at radius 1 is 1.16 bits per heavy atom. The third-order valence-corrected chi connectivity index (χ3v) is 4.46. The highest BCUT2D eigenvalue weighted by molar-refractivity contribution is 5.94. The number of allylic oxidation sites excluding steroid dienone is 2. The summed E-state index contributed by atoms with van der Waals surface area (Å²) >= 11 is 0. The van der Waals surface area contributed by atoms with Gasteiger partial charge in [0.15, 0.2) is 0 Å². The van der Waals surface area contributed by atoms with Crippen molar-refractivity contribution in [2.24, 2.45) is 0 Å². The molecule has 0 aliphatic carbocycles. The normalized spacial score (nSPS) is 15.8. The number of hydrogen-bond donors (Lipinski definition) is 3. The maximum atomic E-state index is 10.1. The molecule has 25 heavy (non-hydrogen) atoms. The van der Waals surface area contributed by atoms with E-state index in [2.05, 4.69) is 28.4 Å². The van der Waals surface area contributed by atoms with Gasteiger partial charge in [-0.25, -0.2) is 0 Å². The van der Waals surface area contributed by atoms with E-state index in [1.54, 1.807) is 19.1 Å². The first kappa shape index (κ1) is 15.5. The zero-order chi connectivity index (χ0) is 17.4.